The molecule has 0 spiro atoms. The molecule has 0 heterocycles. The van der Waals surface area contributed by atoms with Gasteiger partial charge in [-0.25, -0.2) is 13.1 Å². The minimum absolute atomic E-state index is 0.329. The summed E-state index contributed by atoms with van der Waals surface area (Å²) in [6.45, 7) is 3.95. The largest absolute Gasteiger partial charge is 0.215 e. The Labute approximate surface area is 95.8 Å². The number of unbranched alkanes of at least 4 members (excludes halogenated alkanes) is 3. The summed E-state index contributed by atoms with van der Waals surface area (Å²) in [6.07, 6.45) is 4.34. The van der Waals surface area contributed by atoms with Crippen molar-refractivity contribution in [3.05, 3.63) is 0 Å². The molecule has 0 saturated heterocycles. The van der Waals surface area contributed by atoms with Gasteiger partial charge in [-0.2, -0.15) is 0 Å². The highest BCUT2D eigenvalue weighted by atomic mass is 79.9. The summed E-state index contributed by atoms with van der Waals surface area (Å²) >= 11 is 3.36. The smallest absolute Gasteiger partial charge is 0.213 e. The summed E-state index contributed by atoms with van der Waals surface area (Å²) in [6, 6.07) is 0. The van der Waals surface area contributed by atoms with Gasteiger partial charge in [-0.15, -0.1) is 0 Å². The Morgan fingerprint density at radius 2 is 1.71 bits per heavy atom. The Kier molecular flexibility index (Phi) is 7.86. The van der Waals surface area contributed by atoms with Crippen molar-refractivity contribution in [2.75, 3.05) is 11.9 Å². The highest BCUT2D eigenvalue weighted by Gasteiger charge is 2.13. The molecule has 0 aromatic carbocycles. The third-order valence-corrected chi connectivity index (χ3v) is 4.39. The quantitative estimate of drug-likeness (QED) is 0.549. The van der Waals surface area contributed by atoms with E-state index < -0.39 is 10.0 Å². The van der Waals surface area contributed by atoms with Gasteiger partial charge in [0, 0.05) is 11.9 Å². The van der Waals surface area contributed by atoms with Crippen LogP contribution < -0.4 is 4.72 Å². The molecule has 1 N–H and O–H groups in total. The summed E-state index contributed by atoms with van der Waals surface area (Å²) in [5.41, 5.74) is 0. The molecule has 0 bridgehead atoms. The fourth-order valence-corrected chi connectivity index (χ4v) is 2.11. The van der Waals surface area contributed by atoms with E-state index in [2.05, 4.69) is 20.7 Å². The van der Waals surface area contributed by atoms with Crippen molar-refractivity contribution in [2.45, 2.75) is 44.8 Å². The standard InChI is InChI=1S/C9H20BrNO2S/c1-9(2)14(12,13)11-8-6-4-3-5-7-10/h9,11H,3-8H2,1-2H3. The van der Waals surface area contributed by atoms with Gasteiger partial charge in [0.1, 0.15) is 0 Å². The molecule has 5 heteroatoms. The maximum atomic E-state index is 11.3. The molecule has 0 amide bonds. The van der Waals surface area contributed by atoms with Gasteiger partial charge in [-0.1, -0.05) is 28.8 Å². The summed E-state index contributed by atoms with van der Waals surface area (Å²) in [7, 11) is -3.05. The lowest BCUT2D eigenvalue weighted by atomic mass is 10.2. The Bertz CT molecular complexity index is 227. The highest BCUT2D eigenvalue weighted by molar-refractivity contribution is 9.09. The average Bonchev–Trinajstić information content (AvgIpc) is 2.10. The second-order valence-corrected chi connectivity index (χ2v) is 6.71. The molecule has 0 aromatic rings. The first kappa shape index (κ1) is 14.4. The topological polar surface area (TPSA) is 46.2 Å². The molecule has 0 unspecified atom stereocenters. The fourth-order valence-electron chi connectivity index (χ4n) is 0.954. The zero-order valence-electron chi connectivity index (χ0n) is 8.92. The lowest BCUT2D eigenvalue weighted by Gasteiger charge is -2.08. The first-order valence-corrected chi connectivity index (χ1v) is 7.72. The number of nitrogens with one attached hydrogen (secondary N) is 1. The molecule has 0 aliphatic heterocycles. The fraction of sp³-hybridized carbons (Fsp3) is 1.00. The summed E-state index contributed by atoms with van der Waals surface area (Å²) in [5.74, 6) is 0. The zero-order chi connectivity index (χ0) is 11.0. The summed E-state index contributed by atoms with van der Waals surface area (Å²) < 4.78 is 25.2. The van der Waals surface area contributed by atoms with Crippen LogP contribution >= 0.6 is 15.9 Å². The average molecular weight is 286 g/mol. The SMILES string of the molecule is CC(C)S(=O)(=O)NCCCCCCBr. The maximum Gasteiger partial charge on any atom is 0.213 e. The van der Waals surface area contributed by atoms with Gasteiger partial charge >= 0.3 is 0 Å². The van der Waals surface area contributed by atoms with Crippen LogP contribution in [0.3, 0.4) is 0 Å². The van der Waals surface area contributed by atoms with E-state index in [1.165, 1.54) is 0 Å². The van der Waals surface area contributed by atoms with Crippen LogP contribution in [0.25, 0.3) is 0 Å². The van der Waals surface area contributed by atoms with E-state index in [4.69, 9.17) is 0 Å². The monoisotopic (exact) mass is 285 g/mol. The number of rotatable bonds is 8. The van der Waals surface area contributed by atoms with E-state index in [0.29, 0.717) is 6.54 Å². The lowest BCUT2D eigenvalue weighted by Crippen LogP contribution is -2.31. The minimum Gasteiger partial charge on any atom is -0.215 e. The Morgan fingerprint density at radius 3 is 2.21 bits per heavy atom. The van der Waals surface area contributed by atoms with Gasteiger partial charge in [0.2, 0.25) is 10.0 Å². The van der Waals surface area contributed by atoms with Crippen LogP contribution in [-0.2, 0) is 10.0 Å². The zero-order valence-corrected chi connectivity index (χ0v) is 11.3. The van der Waals surface area contributed by atoms with E-state index in [1.54, 1.807) is 13.8 Å². The summed E-state index contributed by atoms with van der Waals surface area (Å²) in [4.78, 5) is 0. The first-order chi connectivity index (χ1) is 6.50. The number of hydrogen-bond donors (Lipinski definition) is 1. The van der Waals surface area contributed by atoms with Crippen molar-refractivity contribution in [2.24, 2.45) is 0 Å². The van der Waals surface area contributed by atoms with Crippen molar-refractivity contribution in [3.63, 3.8) is 0 Å². The van der Waals surface area contributed by atoms with Gasteiger partial charge in [-0.05, 0) is 26.7 Å². The Balaban J connectivity index is 3.46. The van der Waals surface area contributed by atoms with Crippen LogP contribution in [0.5, 0.6) is 0 Å². The van der Waals surface area contributed by atoms with Crippen molar-refractivity contribution in [1.82, 2.24) is 4.72 Å². The first-order valence-electron chi connectivity index (χ1n) is 5.05. The second kappa shape index (κ2) is 7.65. The van der Waals surface area contributed by atoms with E-state index in [-0.39, 0.29) is 5.25 Å². The van der Waals surface area contributed by atoms with Crippen LogP contribution in [-0.4, -0.2) is 25.5 Å². The van der Waals surface area contributed by atoms with Gasteiger partial charge in [-0.3, -0.25) is 0 Å². The van der Waals surface area contributed by atoms with E-state index in [9.17, 15) is 8.42 Å². The number of hydrogen-bond acceptors (Lipinski definition) is 2. The van der Waals surface area contributed by atoms with Gasteiger partial charge in [0.25, 0.3) is 0 Å². The van der Waals surface area contributed by atoms with Crippen molar-refractivity contribution in [1.29, 1.82) is 0 Å². The molecule has 0 rings (SSSR count). The number of halogens is 1. The van der Waals surface area contributed by atoms with E-state index in [0.717, 1.165) is 31.0 Å². The molecule has 0 aliphatic rings. The van der Waals surface area contributed by atoms with Crippen LogP contribution in [0.4, 0.5) is 0 Å². The Morgan fingerprint density at radius 1 is 1.14 bits per heavy atom. The molecule has 0 radical (unpaired) electrons. The van der Waals surface area contributed by atoms with Crippen LogP contribution in [0, 0.1) is 0 Å². The second-order valence-electron chi connectivity index (χ2n) is 3.59. The van der Waals surface area contributed by atoms with E-state index in [1.807, 2.05) is 0 Å². The predicted molar refractivity (Wildman–Crippen MR) is 64.3 cm³/mol. The molecule has 3 nitrogen and oxygen atoms in total. The molecule has 86 valence electrons. The van der Waals surface area contributed by atoms with Crippen molar-refractivity contribution in [3.8, 4) is 0 Å². The van der Waals surface area contributed by atoms with Crippen LogP contribution in [0.1, 0.15) is 39.5 Å². The molecule has 0 atom stereocenters. The molecule has 0 fully saturated rings. The van der Waals surface area contributed by atoms with Crippen LogP contribution in [0.15, 0.2) is 0 Å². The normalized spacial score (nSPS) is 12.3. The van der Waals surface area contributed by atoms with Gasteiger partial charge in [0.05, 0.1) is 5.25 Å². The number of sulfonamides is 1. The molecular formula is C9H20BrNO2S. The molecule has 0 saturated carbocycles. The molecule has 14 heavy (non-hydrogen) atoms. The van der Waals surface area contributed by atoms with Crippen LogP contribution in [0.2, 0.25) is 0 Å². The Hall–Kier alpha value is 0.390. The lowest BCUT2D eigenvalue weighted by molar-refractivity contribution is 0.565. The third kappa shape index (κ3) is 6.79. The van der Waals surface area contributed by atoms with E-state index >= 15 is 0 Å². The summed E-state index contributed by atoms with van der Waals surface area (Å²) in [5, 5.41) is 0.704. The minimum atomic E-state index is -3.05. The molecule has 0 aromatic heterocycles. The van der Waals surface area contributed by atoms with Gasteiger partial charge in [0.15, 0.2) is 0 Å². The van der Waals surface area contributed by atoms with Crippen molar-refractivity contribution >= 4 is 26.0 Å². The predicted octanol–water partition coefficient (Wildman–Crippen LogP) is 2.27. The molecule has 0 aliphatic carbocycles. The van der Waals surface area contributed by atoms with Gasteiger partial charge < -0.3 is 0 Å². The number of alkyl halides is 1. The molecular weight excluding hydrogens is 266 g/mol. The third-order valence-electron chi connectivity index (χ3n) is 1.98. The maximum absolute atomic E-state index is 11.3. The van der Waals surface area contributed by atoms with Crippen molar-refractivity contribution < 1.29 is 8.42 Å². The highest BCUT2D eigenvalue weighted by Crippen LogP contribution is 2.02.